The van der Waals surface area contributed by atoms with Gasteiger partial charge in [0.25, 0.3) is 0 Å². The van der Waals surface area contributed by atoms with Gasteiger partial charge in [-0.25, -0.2) is 4.98 Å². The molecular formula is C14H19N3. The summed E-state index contributed by atoms with van der Waals surface area (Å²) in [7, 11) is 2.00. The van der Waals surface area contributed by atoms with Crippen LogP contribution in [0.25, 0.3) is 11.4 Å². The summed E-state index contributed by atoms with van der Waals surface area (Å²) < 4.78 is 2.02. The third-order valence-electron chi connectivity index (χ3n) is 3.13. The van der Waals surface area contributed by atoms with Gasteiger partial charge in [0, 0.05) is 37.4 Å². The SMILES string of the molecule is CCCC(C)c1cncc(-c2nccn2C)c1. The van der Waals surface area contributed by atoms with Crippen molar-refractivity contribution >= 4 is 0 Å². The van der Waals surface area contributed by atoms with Gasteiger partial charge in [-0.05, 0) is 24.0 Å². The Hall–Kier alpha value is -1.64. The maximum absolute atomic E-state index is 4.36. The number of aromatic nitrogens is 3. The van der Waals surface area contributed by atoms with Crippen molar-refractivity contribution in [3.05, 3.63) is 36.4 Å². The molecular weight excluding hydrogens is 210 g/mol. The zero-order chi connectivity index (χ0) is 12.3. The van der Waals surface area contributed by atoms with E-state index in [9.17, 15) is 0 Å². The van der Waals surface area contributed by atoms with Crippen molar-refractivity contribution in [2.24, 2.45) is 7.05 Å². The Labute approximate surface area is 103 Å². The van der Waals surface area contributed by atoms with E-state index in [0.29, 0.717) is 5.92 Å². The first-order valence-corrected chi connectivity index (χ1v) is 6.15. The molecule has 0 aliphatic carbocycles. The molecule has 0 spiro atoms. The third kappa shape index (κ3) is 2.54. The zero-order valence-electron chi connectivity index (χ0n) is 10.7. The number of pyridine rings is 1. The molecule has 17 heavy (non-hydrogen) atoms. The Kier molecular flexibility index (Phi) is 3.57. The van der Waals surface area contributed by atoms with Crippen molar-refractivity contribution in [3.63, 3.8) is 0 Å². The minimum atomic E-state index is 0.563. The molecule has 2 aromatic rings. The average molecular weight is 229 g/mol. The lowest BCUT2D eigenvalue weighted by Crippen LogP contribution is -1.97. The van der Waals surface area contributed by atoms with E-state index in [2.05, 4.69) is 29.9 Å². The first-order valence-electron chi connectivity index (χ1n) is 6.15. The standard InChI is InChI=1S/C14H19N3/c1-4-5-11(2)12-8-13(10-15-9-12)14-16-6-7-17(14)3/h6-11H,4-5H2,1-3H3. The summed E-state index contributed by atoms with van der Waals surface area (Å²) in [6, 6.07) is 2.20. The predicted octanol–water partition coefficient (Wildman–Crippen LogP) is 3.39. The molecule has 0 bridgehead atoms. The Morgan fingerprint density at radius 2 is 2.18 bits per heavy atom. The summed E-state index contributed by atoms with van der Waals surface area (Å²) in [5, 5.41) is 0. The second kappa shape index (κ2) is 5.13. The molecule has 0 aliphatic heterocycles. The highest BCUT2D eigenvalue weighted by atomic mass is 15.0. The van der Waals surface area contributed by atoms with Crippen molar-refractivity contribution in [2.45, 2.75) is 32.6 Å². The van der Waals surface area contributed by atoms with Crippen LogP contribution in [-0.4, -0.2) is 14.5 Å². The van der Waals surface area contributed by atoms with Gasteiger partial charge in [-0.1, -0.05) is 20.3 Å². The van der Waals surface area contributed by atoms with E-state index in [-0.39, 0.29) is 0 Å². The van der Waals surface area contributed by atoms with Gasteiger partial charge < -0.3 is 4.57 Å². The monoisotopic (exact) mass is 229 g/mol. The van der Waals surface area contributed by atoms with Crippen LogP contribution in [0.4, 0.5) is 0 Å². The number of aryl methyl sites for hydroxylation is 1. The lowest BCUT2D eigenvalue weighted by molar-refractivity contribution is 0.662. The van der Waals surface area contributed by atoms with Gasteiger partial charge in [0.05, 0.1) is 0 Å². The van der Waals surface area contributed by atoms with E-state index >= 15 is 0 Å². The van der Waals surface area contributed by atoms with Gasteiger partial charge in [0.15, 0.2) is 0 Å². The fourth-order valence-electron chi connectivity index (χ4n) is 2.09. The van der Waals surface area contributed by atoms with Crippen LogP contribution in [0.1, 0.15) is 38.2 Å². The normalized spacial score (nSPS) is 12.6. The van der Waals surface area contributed by atoms with Crippen LogP contribution in [0.5, 0.6) is 0 Å². The molecule has 3 nitrogen and oxygen atoms in total. The van der Waals surface area contributed by atoms with Crippen LogP contribution in [-0.2, 0) is 7.05 Å². The molecule has 2 aromatic heterocycles. The summed E-state index contributed by atoms with van der Waals surface area (Å²) in [5.74, 6) is 1.54. The van der Waals surface area contributed by atoms with E-state index in [1.54, 1.807) is 0 Å². The quantitative estimate of drug-likeness (QED) is 0.804. The molecule has 0 aliphatic rings. The zero-order valence-corrected chi connectivity index (χ0v) is 10.7. The second-order valence-electron chi connectivity index (χ2n) is 4.56. The predicted molar refractivity (Wildman–Crippen MR) is 69.8 cm³/mol. The molecule has 0 fully saturated rings. The van der Waals surface area contributed by atoms with Gasteiger partial charge in [0.1, 0.15) is 5.82 Å². The summed E-state index contributed by atoms with van der Waals surface area (Å²) in [5.41, 5.74) is 2.39. The van der Waals surface area contributed by atoms with Crippen molar-refractivity contribution < 1.29 is 0 Å². The largest absolute Gasteiger partial charge is 0.334 e. The molecule has 90 valence electrons. The minimum absolute atomic E-state index is 0.563. The summed E-state index contributed by atoms with van der Waals surface area (Å²) in [4.78, 5) is 8.69. The highest BCUT2D eigenvalue weighted by Crippen LogP contribution is 2.24. The Balaban J connectivity index is 2.32. The highest BCUT2D eigenvalue weighted by molar-refractivity contribution is 5.55. The van der Waals surface area contributed by atoms with Gasteiger partial charge in [-0.3, -0.25) is 4.98 Å². The third-order valence-corrected chi connectivity index (χ3v) is 3.13. The van der Waals surface area contributed by atoms with Gasteiger partial charge in [-0.15, -0.1) is 0 Å². The van der Waals surface area contributed by atoms with Crippen molar-refractivity contribution in [1.82, 2.24) is 14.5 Å². The molecule has 2 heterocycles. The van der Waals surface area contributed by atoms with Crippen LogP contribution in [0.2, 0.25) is 0 Å². The van der Waals surface area contributed by atoms with Crippen LogP contribution >= 0.6 is 0 Å². The summed E-state index contributed by atoms with van der Waals surface area (Å²) in [6.07, 6.45) is 10.0. The van der Waals surface area contributed by atoms with E-state index in [0.717, 1.165) is 11.4 Å². The molecule has 1 unspecified atom stereocenters. The van der Waals surface area contributed by atoms with Gasteiger partial charge in [-0.2, -0.15) is 0 Å². The van der Waals surface area contributed by atoms with Crippen LogP contribution < -0.4 is 0 Å². The molecule has 0 amide bonds. The molecule has 0 aromatic carbocycles. The van der Waals surface area contributed by atoms with Gasteiger partial charge >= 0.3 is 0 Å². The van der Waals surface area contributed by atoms with Crippen molar-refractivity contribution in [3.8, 4) is 11.4 Å². The summed E-state index contributed by atoms with van der Waals surface area (Å²) >= 11 is 0. The first-order chi connectivity index (χ1) is 8.22. The van der Waals surface area contributed by atoms with E-state index in [4.69, 9.17) is 0 Å². The van der Waals surface area contributed by atoms with Gasteiger partial charge in [0.2, 0.25) is 0 Å². The topological polar surface area (TPSA) is 30.7 Å². The van der Waals surface area contributed by atoms with Crippen molar-refractivity contribution in [1.29, 1.82) is 0 Å². The van der Waals surface area contributed by atoms with E-state index in [1.807, 2.05) is 36.4 Å². The first kappa shape index (κ1) is 11.8. The second-order valence-corrected chi connectivity index (χ2v) is 4.56. The highest BCUT2D eigenvalue weighted by Gasteiger charge is 2.08. The smallest absolute Gasteiger partial charge is 0.141 e. The number of hydrogen-bond donors (Lipinski definition) is 0. The molecule has 0 radical (unpaired) electrons. The summed E-state index contributed by atoms with van der Waals surface area (Å²) in [6.45, 7) is 4.47. The fourth-order valence-corrected chi connectivity index (χ4v) is 2.09. The van der Waals surface area contributed by atoms with Crippen LogP contribution in [0, 0.1) is 0 Å². The lowest BCUT2D eigenvalue weighted by Gasteiger charge is -2.11. The van der Waals surface area contributed by atoms with E-state index < -0.39 is 0 Å². The number of rotatable bonds is 4. The Morgan fingerprint density at radius 1 is 1.35 bits per heavy atom. The molecule has 0 saturated heterocycles. The van der Waals surface area contributed by atoms with Crippen molar-refractivity contribution in [2.75, 3.05) is 0 Å². The molecule has 0 N–H and O–H groups in total. The Morgan fingerprint density at radius 3 is 2.82 bits per heavy atom. The lowest BCUT2D eigenvalue weighted by atomic mass is 9.97. The number of imidazole rings is 1. The van der Waals surface area contributed by atoms with E-state index in [1.165, 1.54) is 18.4 Å². The van der Waals surface area contributed by atoms with Crippen LogP contribution in [0.3, 0.4) is 0 Å². The molecule has 2 rings (SSSR count). The number of nitrogens with zero attached hydrogens (tertiary/aromatic N) is 3. The average Bonchev–Trinajstić information content (AvgIpc) is 2.76. The maximum Gasteiger partial charge on any atom is 0.141 e. The number of hydrogen-bond acceptors (Lipinski definition) is 2. The van der Waals surface area contributed by atoms with Crippen LogP contribution in [0.15, 0.2) is 30.9 Å². The molecule has 3 heteroatoms. The Bertz CT molecular complexity index is 488. The molecule has 0 saturated carbocycles. The molecule has 1 atom stereocenters. The minimum Gasteiger partial charge on any atom is -0.334 e. The fraction of sp³-hybridized carbons (Fsp3) is 0.429. The maximum atomic E-state index is 4.36.